The Balaban J connectivity index is 1.79. The fourth-order valence-electron chi connectivity index (χ4n) is 4.56. The lowest BCUT2D eigenvalue weighted by Crippen LogP contribution is -2.50. The van der Waals surface area contributed by atoms with E-state index in [1.807, 2.05) is 91.0 Å². The first kappa shape index (κ1) is 26.2. The average Bonchev–Trinajstić information content (AvgIpc) is 2.96. The third-order valence-electron chi connectivity index (χ3n) is 6.50. The smallest absolute Gasteiger partial charge is 0.240 e. The number of nitrogens with two attached hydrogens (primary N) is 1. The van der Waals surface area contributed by atoms with Gasteiger partial charge < -0.3 is 15.4 Å². The van der Waals surface area contributed by atoms with E-state index in [1.54, 1.807) is 30.2 Å². The first-order chi connectivity index (χ1) is 18.5. The molecule has 6 nitrogen and oxygen atoms in total. The van der Waals surface area contributed by atoms with Gasteiger partial charge in [0, 0.05) is 13.0 Å². The topological polar surface area (TPSA) is 96.4 Å². The van der Waals surface area contributed by atoms with E-state index in [0.717, 1.165) is 22.3 Å². The maximum Gasteiger partial charge on any atom is 0.240 e. The summed E-state index contributed by atoms with van der Waals surface area (Å²) in [4.78, 5) is 29.0. The van der Waals surface area contributed by atoms with Gasteiger partial charge in [-0.2, -0.15) is 5.26 Å². The highest BCUT2D eigenvalue weighted by molar-refractivity contribution is 5.92. The van der Waals surface area contributed by atoms with Gasteiger partial charge in [-0.25, -0.2) is 0 Å². The Morgan fingerprint density at radius 3 is 1.97 bits per heavy atom. The molecular weight excluding hydrogens is 474 g/mol. The highest BCUT2D eigenvalue weighted by atomic mass is 16.5. The van der Waals surface area contributed by atoms with Gasteiger partial charge in [0.1, 0.15) is 11.8 Å². The van der Waals surface area contributed by atoms with E-state index in [9.17, 15) is 14.9 Å². The summed E-state index contributed by atoms with van der Waals surface area (Å²) in [6, 6.07) is 34.6. The number of primary amides is 1. The van der Waals surface area contributed by atoms with E-state index in [-0.39, 0.29) is 18.9 Å². The molecule has 0 aliphatic rings. The molecule has 2 amide bonds. The van der Waals surface area contributed by atoms with Crippen molar-refractivity contribution in [1.29, 1.82) is 5.26 Å². The first-order valence-electron chi connectivity index (χ1n) is 12.3. The molecule has 38 heavy (non-hydrogen) atoms. The monoisotopic (exact) mass is 503 g/mol. The van der Waals surface area contributed by atoms with Gasteiger partial charge in [0.05, 0.1) is 24.7 Å². The molecule has 0 spiro atoms. The molecular formula is C32H29N3O3. The van der Waals surface area contributed by atoms with Crippen LogP contribution in [0.15, 0.2) is 109 Å². The summed E-state index contributed by atoms with van der Waals surface area (Å²) in [6.07, 6.45) is 0.184. The predicted octanol–water partition coefficient (Wildman–Crippen LogP) is 4.82. The number of rotatable bonds is 10. The van der Waals surface area contributed by atoms with Crippen LogP contribution in [0.25, 0.3) is 0 Å². The molecule has 0 aliphatic carbocycles. The molecule has 4 aromatic rings. The fraction of sp³-hybridized carbons (Fsp3) is 0.156. The maximum absolute atomic E-state index is 14.5. The van der Waals surface area contributed by atoms with Crippen LogP contribution in [0.5, 0.6) is 5.75 Å². The van der Waals surface area contributed by atoms with Crippen molar-refractivity contribution in [2.24, 2.45) is 5.73 Å². The molecule has 6 heteroatoms. The summed E-state index contributed by atoms with van der Waals surface area (Å²) in [6.45, 7) is 0.171. The van der Waals surface area contributed by atoms with Crippen molar-refractivity contribution in [3.05, 3.63) is 137 Å². The fourth-order valence-corrected chi connectivity index (χ4v) is 4.56. The lowest BCUT2D eigenvalue weighted by molar-refractivity contribution is -0.140. The molecule has 190 valence electrons. The Morgan fingerprint density at radius 1 is 0.842 bits per heavy atom. The number of hydrogen-bond donors (Lipinski definition) is 1. The molecule has 0 aromatic heterocycles. The summed E-state index contributed by atoms with van der Waals surface area (Å²) in [5, 5.41) is 9.35. The lowest BCUT2D eigenvalue weighted by Gasteiger charge is -2.33. The Morgan fingerprint density at radius 2 is 1.45 bits per heavy atom. The largest absolute Gasteiger partial charge is 0.497 e. The van der Waals surface area contributed by atoms with Gasteiger partial charge in [-0.05, 0) is 46.5 Å². The first-order valence-corrected chi connectivity index (χ1v) is 12.3. The maximum atomic E-state index is 14.5. The number of methoxy groups -OCH3 is 1. The number of carbonyl (C=O) groups excluding carboxylic acids is 2. The number of nitrogens with zero attached hydrogens (tertiary/aromatic N) is 2. The molecule has 0 aliphatic heterocycles. The lowest BCUT2D eigenvalue weighted by atomic mass is 9.89. The van der Waals surface area contributed by atoms with Gasteiger partial charge in [-0.1, -0.05) is 84.9 Å². The van der Waals surface area contributed by atoms with Crippen LogP contribution in [0.1, 0.15) is 33.7 Å². The summed E-state index contributed by atoms with van der Waals surface area (Å²) in [5.74, 6) is -0.798. The minimum absolute atomic E-state index is 0.171. The van der Waals surface area contributed by atoms with Crippen LogP contribution in [0, 0.1) is 11.3 Å². The van der Waals surface area contributed by atoms with Crippen LogP contribution < -0.4 is 10.5 Å². The van der Waals surface area contributed by atoms with Crippen molar-refractivity contribution in [3.8, 4) is 11.8 Å². The van der Waals surface area contributed by atoms with Crippen molar-refractivity contribution in [3.63, 3.8) is 0 Å². The molecule has 4 aromatic carbocycles. The van der Waals surface area contributed by atoms with Gasteiger partial charge in [0.25, 0.3) is 0 Å². The van der Waals surface area contributed by atoms with E-state index in [0.29, 0.717) is 11.3 Å². The summed E-state index contributed by atoms with van der Waals surface area (Å²) in [7, 11) is 1.59. The Kier molecular flexibility index (Phi) is 8.53. The number of benzene rings is 4. The van der Waals surface area contributed by atoms with Crippen LogP contribution in [0.2, 0.25) is 0 Å². The van der Waals surface area contributed by atoms with Crippen LogP contribution in [-0.4, -0.2) is 29.9 Å². The molecule has 0 saturated carbocycles. The molecule has 1 atom stereocenters. The van der Waals surface area contributed by atoms with Crippen LogP contribution in [-0.2, 0) is 22.6 Å². The number of ether oxygens (including phenoxy) is 1. The molecule has 0 bridgehead atoms. The Hall–Kier alpha value is -4.89. The van der Waals surface area contributed by atoms with Gasteiger partial charge >= 0.3 is 0 Å². The third kappa shape index (κ3) is 6.26. The normalized spacial score (nSPS) is 11.4. The molecule has 0 saturated heterocycles. The highest BCUT2D eigenvalue weighted by Crippen LogP contribution is 2.29. The zero-order chi connectivity index (χ0) is 26.9. The van der Waals surface area contributed by atoms with E-state index in [2.05, 4.69) is 6.07 Å². The zero-order valence-corrected chi connectivity index (χ0v) is 21.2. The summed E-state index contributed by atoms with van der Waals surface area (Å²) >= 11 is 0. The van der Waals surface area contributed by atoms with Crippen molar-refractivity contribution in [1.82, 2.24) is 4.90 Å². The van der Waals surface area contributed by atoms with Gasteiger partial charge in [0.2, 0.25) is 11.8 Å². The summed E-state index contributed by atoms with van der Waals surface area (Å²) < 4.78 is 5.28. The SMILES string of the molecule is COc1ccc(CN(C(=O)C(c2ccccc2)c2ccccc2)[C@H](Cc2cccc(C#N)c2)C(N)=O)cc1. The second kappa shape index (κ2) is 12.4. The van der Waals surface area contributed by atoms with Gasteiger partial charge in [-0.15, -0.1) is 0 Å². The summed E-state index contributed by atoms with van der Waals surface area (Å²) in [5.41, 5.74) is 9.64. The minimum atomic E-state index is -0.937. The molecule has 0 heterocycles. The number of hydrogen-bond acceptors (Lipinski definition) is 4. The molecule has 4 rings (SSSR count). The highest BCUT2D eigenvalue weighted by Gasteiger charge is 2.34. The van der Waals surface area contributed by atoms with Gasteiger partial charge in [-0.3, -0.25) is 9.59 Å². The number of nitriles is 1. The number of amides is 2. The molecule has 0 fully saturated rings. The molecule has 0 radical (unpaired) electrons. The number of carbonyl (C=O) groups is 2. The second-order valence-electron chi connectivity index (χ2n) is 9.00. The van der Waals surface area contributed by atoms with Crippen molar-refractivity contribution in [2.75, 3.05) is 7.11 Å². The standard InChI is InChI=1S/C32H29N3O3/c1-38-28-17-15-23(16-18-28)22-35(29(31(34)36)20-24-9-8-10-25(19-24)21-33)32(37)30(26-11-4-2-5-12-26)27-13-6-3-7-14-27/h2-19,29-30H,20,22H2,1H3,(H2,34,36)/t29-/m1/s1. The predicted molar refractivity (Wildman–Crippen MR) is 146 cm³/mol. The average molecular weight is 504 g/mol. The van der Waals surface area contributed by atoms with E-state index < -0.39 is 17.9 Å². The van der Waals surface area contributed by atoms with E-state index in [4.69, 9.17) is 10.5 Å². The Labute approximate surface area is 222 Å². The van der Waals surface area contributed by atoms with Crippen molar-refractivity contribution >= 4 is 11.8 Å². The van der Waals surface area contributed by atoms with Crippen molar-refractivity contribution < 1.29 is 14.3 Å². The minimum Gasteiger partial charge on any atom is -0.497 e. The molecule has 2 N–H and O–H groups in total. The second-order valence-corrected chi connectivity index (χ2v) is 9.00. The van der Waals surface area contributed by atoms with Gasteiger partial charge in [0.15, 0.2) is 0 Å². The van der Waals surface area contributed by atoms with Crippen LogP contribution >= 0.6 is 0 Å². The van der Waals surface area contributed by atoms with E-state index >= 15 is 0 Å². The third-order valence-corrected chi connectivity index (χ3v) is 6.50. The van der Waals surface area contributed by atoms with Crippen LogP contribution in [0.4, 0.5) is 0 Å². The van der Waals surface area contributed by atoms with Crippen LogP contribution in [0.3, 0.4) is 0 Å². The van der Waals surface area contributed by atoms with Crippen molar-refractivity contribution in [2.45, 2.75) is 24.9 Å². The quantitative estimate of drug-likeness (QED) is 0.335. The zero-order valence-electron chi connectivity index (χ0n) is 21.2. The Bertz CT molecular complexity index is 1370. The molecule has 0 unspecified atom stereocenters. The van der Waals surface area contributed by atoms with E-state index in [1.165, 1.54) is 0 Å².